The summed E-state index contributed by atoms with van der Waals surface area (Å²) < 4.78 is 0. The Morgan fingerprint density at radius 3 is 2.78 bits per heavy atom. The highest BCUT2D eigenvalue weighted by Gasteiger charge is 1.87. The van der Waals surface area contributed by atoms with Gasteiger partial charge in [-0.25, -0.2) is 0 Å². The fraction of sp³-hybridized carbons (Fsp3) is 0.143. The first-order valence-electron chi connectivity index (χ1n) is 2.64. The number of hydrogen-bond acceptors (Lipinski definition) is 2. The average molecular weight is 120 g/mol. The second kappa shape index (κ2) is 2.40. The van der Waals surface area contributed by atoms with Crippen LogP contribution in [0.4, 0.5) is 5.69 Å². The first-order valence-corrected chi connectivity index (χ1v) is 2.64. The summed E-state index contributed by atoms with van der Waals surface area (Å²) in [6.07, 6.45) is 0. The third-order valence-corrected chi connectivity index (χ3v) is 1.02. The summed E-state index contributed by atoms with van der Waals surface area (Å²) in [6, 6.07) is 7.85. The van der Waals surface area contributed by atoms with Gasteiger partial charge in [-0.1, -0.05) is 6.07 Å². The van der Waals surface area contributed by atoms with Gasteiger partial charge in [0.1, 0.15) is 5.69 Å². The molecular formula is C7H6NO. The van der Waals surface area contributed by atoms with Crippen LogP contribution >= 0.6 is 0 Å². The second-order valence-corrected chi connectivity index (χ2v) is 1.86. The number of rotatable bonds is 1. The molecule has 0 bridgehead atoms. The predicted octanol–water partition coefficient (Wildman–Crippen LogP) is 2.19. The number of benzene rings is 1. The van der Waals surface area contributed by atoms with E-state index in [2.05, 4.69) is 11.2 Å². The molecule has 0 spiro atoms. The summed E-state index contributed by atoms with van der Waals surface area (Å²) in [5, 5.41) is 2.75. The van der Waals surface area contributed by atoms with Crippen molar-refractivity contribution >= 4 is 5.69 Å². The molecule has 0 aliphatic rings. The molecule has 1 aromatic rings. The Labute approximate surface area is 53.5 Å². The van der Waals surface area contributed by atoms with Crippen molar-refractivity contribution in [3.8, 4) is 0 Å². The molecule has 0 fully saturated rings. The lowest BCUT2D eigenvalue weighted by molar-refractivity contribution is 1.41. The van der Waals surface area contributed by atoms with Gasteiger partial charge in [0.25, 0.3) is 0 Å². The Morgan fingerprint density at radius 1 is 1.56 bits per heavy atom. The van der Waals surface area contributed by atoms with Gasteiger partial charge in [0.05, 0.1) is 0 Å². The summed E-state index contributed by atoms with van der Waals surface area (Å²) in [7, 11) is 0. The highest BCUT2D eigenvalue weighted by molar-refractivity contribution is 5.38. The third kappa shape index (κ3) is 1.35. The summed E-state index contributed by atoms with van der Waals surface area (Å²) in [4.78, 5) is 9.89. The summed E-state index contributed by atoms with van der Waals surface area (Å²) in [5.41, 5.74) is 1.45. The molecule has 0 aliphatic carbocycles. The Bertz CT molecular complexity index is 220. The highest BCUT2D eigenvalue weighted by atomic mass is 16.3. The maximum absolute atomic E-state index is 9.89. The molecule has 0 N–H and O–H groups in total. The van der Waals surface area contributed by atoms with Gasteiger partial charge in [-0.05, 0) is 35.9 Å². The predicted molar refractivity (Wildman–Crippen MR) is 35.5 cm³/mol. The van der Waals surface area contributed by atoms with Crippen molar-refractivity contribution in [1.82, 2.24) is 0 Å². The minimum Gasteiger partial charge on any atom is -0.145 e. The molecule has 0 unspecified atom stereocenters. The number of nitroso groups, excluding NO2 is 1. The number of hydrogen-bond donors (Lipinski definition) is 0. The van der Waals surface area contributed by atoms with Gasteiger partial charge in [0.2, 0.25) is 0 Å². The minimum absolute atomic E-state index is 0.440. The quantitative estimate of drug-likeness (QED) is 0.522. The zero-order valence-electron chi connectivity index (χ0n) is 5.09. The molecule has 0 atom stereocenters. The largest absolute Gasteiger partial charge is 0.145 e. The van der Waals surface area contributed by atoms with E-state index in [1.807, 2.05) is 6.92 Å². The fourth-order valence-electron chi connectivity index (χ4n) is 0.628. The van der Waals surface area contributed by atoms with Crippen molar-refractivity contribution in [1.29, 1.82) is 0 Å². The minimum atomic E-state index is 0.440. The number of nitrogens with zero attached hydrogens (tertiary/aromatic N) is 1. The molecule has 0 saturated heterocycles. The van der Waals surface area contributed by atoms with Crippen LogP contribution in [0.1, 0.15) is 5.56 Å². The van der Waals surface area contributed by atoms with Crippen LogP contribution in [0.3, 0.4) is 0 Å². The Hall–Kier alpha value is -1.18. The Balaban J connectivity index is 3.07. The topological polar surface area (TPSA) is 29.4 Å². The van der Waals surface area contributed by atoms with Gasteiger partial charge in [-0.2, -0.15) is 0 Å². The van der Waals surface area contributed by atoms with E-state index in [-0.39, 0.29) is 0 Å². The van der Waals surface area contributed by atoms with Crippen LogP contribution in [0.5, 0.6) is 0 Å². The molecule has 0 aromatic heterocycles. The molecule has 1 radical (unpaired) electrons. The van der Waals surface area contributed by atoms with E-state index >= 15 is 0 Å². The summed E-state index contributed by atoms with van der Waals surface area (Å²) in [5.74, 6) is 0. The van der Waals surface area contributed by atoms with Crippen LogP contribution in [0.15, 0.2) is 23.4 Å². The van der Waals surface area contributed by atoms with Crippen LogP contribution in [-0.2, 0) is 0 Å². The molecular weight excluding hydrogens is 114 g/mol. The van der Waals surface area contributed by atoms with E-state index in [0.717, 1.165) is 5.56 Å². The normalized spacial score (nSPS) is 9.00. The van der Waals surface area contributed by atoms with Gasteiger partial charge in [-0.3, -0.25) is 0 Å². The smallest absolute Gasteiger partial charge is 0.108 e. The highest BCUT2D eigenvalue weighted by Crippen LogP contribution is 2.11. The third-order valence-electron chi connectivity index (χ3n) is 1.02. The first kappa shape index (κ1) is 5.95. The van der Waals surface area contributed by atoms with Crippen LogP contribution in [0.25, 0.3) is 0 Å². The van der Waals surface area contributed by atoms with Gasteiger partial charge < -0.3 is 0 Å². The second-order valence-electron chi connectivity index (χ2n) is 1.86. The molecule has 0 saturated carbocycles. The van der Waals surface area contributed by atoms with Crippen LogP contribution in [0, 0.1) is 17.9 Å². The van der Waals surface area contributed by atoms with E-state index < -0.39 is 0 Å². The standard InChI is InChI=1S/C7H6NO/c1-6-3-2-4-7(5-6)8-9/h3-5H,1H3. The molecule has 1 rings (SSSR count). The van der Waals surface area contributed by atoms with Gasteiger partial charge in [0.15, 0.2) is 0 Å². The van der Waals surface area contributed by atoms with E-state index in [9.17, 15) is 4.91 Å². The first-order chi connectivity index (χ1) is 4.33. The molecule has 9 heavy (non-hydrogen) atoms. The summed E-state index contributed by atoms with van der Waals surface area (Å²) >= 11 is 0. The van der Waals surface area contributed by atoms with Crippen molar-refractivity contribution in [3.63, 3.8) is 0 Å². The van der Waals surface area contributed by atoms with E-state index in [4.69, 9.17) is 0 Å². The monoisotopic (exact) mass is 120 g/mol. The number of aryl methyl sites for hydroxylation is 1. The van der Waals surface area contributed by atoms with Crippen LogP contribution in [-0.4, -0.2) is 0 Å². The van der Waals surface area contributed by atoms with Gasteiger partial charge >= 0.3 is 0 Å². The molecule has 2 heteroatoms. The van der Waals surface area contributed by atoms with Crippen molar-refractivity contribution in [2.24, 2.45) is 5.18 Å². The molecule has 1 aromatic carbocycles. The molecule has 0 heterocycles. The van der Waals surface area contributed by atoms with Gasteiger partial charge in [0, 0.05) is 0 Å². The molecule has 45 valence electrons. The van der Waals surface area contributed by atoms with Crippen LogP contribution in [0.2, 0.25) is 0 Å². The molecule has 2 nitrogen and oxygen atoms in total. The van der Waals surface area contributed by atoms with E-state index in [0.29, 0.717) is 5.69 Å². The summed E-state index contributed by atoms with van der Waals surface area (Å²) in [6.45, 7) is 1.89. The van der Waals surface area contributed by atoms with Crippen molar-refractivity contribution in [2.45, 2.75) is 6.92 Å². The lowest BCUT2D eigenvalue weighted by Crippen LogP contribution is -1.67. The zero-order valence-corrected chi connectivity index (χ0v) is 5.09. The maximum Gasteiger partial charge on any atom is 0.108 e. The van der Waals surface area contributed by atoms with E-state index in [1.165, 1.54) is 0 Å². The Kier molecular flexibility index (Phi) is 1.58. The molecule has 0 aliphatic heterocycles. The average Bonchev–Trinajstić information content (AvgIpc) is 1.88. The lowest BCUT2D eigenvalue weighted by atomic mass is 10.2. The molecule has 0 amide bonds. The zero-order chi connectivity index (χ0) is 6.69. The lowest BCUT2D eigenvalue weighted by Gasteiger charge is -1.88. The van der Waals surface area contributed by atoms with Crippen LogP contribution < -0.4 is 0 Å². The fourth-order valence-corrected chi connectivity index (χ4v) is 0.628. The maximum atomic E-state index is 9.89. The van der Waals surface area contributed by atoms with Gasteiger partial charge in [-0.15, -0.1) is 4.91 Å². The van der Waals surface area contributed by atoms with E-state index in [1.54, 1.807) is 18.2 Å². The van der Waals surface area contributed by atoms with Crippen molar-refractivity contribution < 1.29 is 0 Å². The van der Waals surface area contributed by atoms with Crippen molar-refractivity contribution in [2.75, 3.05) is 0 Å². The SMILES string of the molecule is Cc1c[c]cc(N=O)c1. The Morgan fingerprint density at radius 2 is 2.33 bits per heavy atom. The van der Waals surface area contributed by atoms with Crippen molar-refractivity contribution in [3.05, 3.63) is 34.7 Å².